The largest absolute Gasteiger partial charge is 0.497 e. The molecule has 1 rings (SSSR count). The molecule has 0 saturated carbocycles. The summed E-state index contributed by atoms with van der Waals surface area (Å²) in [6.07, 6.45) is 0. The zero-order valence-corrected chi connectivity index (χ0v) is 9.53. The topological polar surface area (TPSA) is 53.7 Å². The average Bonchev–Trinajstić information content (AvgIpc) is 2.28. The number of benzene rings is 1. The molecule has 1 aromatic rings. The summed E-state index contributed by atoms with van der Waals surface area (Å²) in [5.74, 6) is 6.68. The van der Waals surface area contributed by atoms with Crippen LogP contribution in [-0.4, -0.2) is 14.2 Å². The van der Waals surface area contributed by atoms with Crippen LogP contribution in [0.15, 0.2) is 18.2 Å². The molecule has 15 heavy (non-hydrogen) atoms. The summed E-state index contributed by atoms with van der Waals surface area (Å²) in [5, 5.41) is 0. The second-order valence-electron chi connectivity index (χ2n) is 3.69. The number of rotatable bonds is 4. The number of hydrogen-bond donors (Lipinski definition) is 1. The number of methoxy groups -OCH3 is 2. The molecular formula is C11H17NO3. The van der Waals surface area contributed by atoms with Crippen LogP contribution < -0.4 is 15.4 Å². The van der Waals surface area contributed by atoms with Gasteiger partial charge in [0.05, 0.1) is 14.2 Å². The van der Waals surface area contributed by atoms with Gasteiger partial charge in [0.15, 0.2) is 0 Å². The Hall–Kier alpha value is -1.26. The number of ether oxygens (including phenoxy) is 2. The van der Waals surface area contributed by atoms with Crippen LogP contribution in [-0.2, 0) is 10.4 Å². The van der Waals surface area contributed by atoms with Gasteiger partial charge in [-0.2, -0.15) is 0 Å². The molecule has 0 bridgehead atoms. The molecule has 0 unspecified atom stereocenters. The fourth-order valence-corrected chi connectivity index (χ4v) is 1.36. The fraction of sp³-hybridized carbons (Fsp3) is 0.455. The van der Waals surface area contributed by atoms with Crippen molar-refractivity contribution in [2.75, 3.05) is 14.2 Å². The van der Waals surface area contributed by atoms with Crippen LogP contribution in [0.1, 0.15) is 19.4 Å². The number of nitrogens with two attached hydrogens (primary N) is 1. The third kappa shape index (κ3) is 2.40. The van der Waals surface area contributed by atoms with Crippen molar-refractivity contribution in [2.24, 2.45) is 5.90 Å². The molecule has 0 aliphatic carbocycles. The van der Waals surface area contributed by atoms with Gasteiger partial charge in [0.1, 0.15) is 17.1 Å². The van der Waals surface area contributed by atoms with Crippen LogP contribution in [0.2, 0.25) is 0 Å². The van der Waals surface area contributed by atoms with E-state index in [0.29, 0.717) is 5.75 Å². The highest BCUT2D eigenvalue weighted by molar-refractivity contribution is 5.43. The van der Waals surface area contributed by atoms with E-state index in [9.17, 15) is 0 Å². The minimum absolute atomic E-state index is 0.586. The van der Waals surface area contributed by atoms with Gasteiger partial charge in [0.25, 0.3) is 0 Å². The summed E-state index contributed by atoms with van der Waals surface area (Å²) in [4.78, 5) is 4.92. The highest BCUT2D eigenvalue weighted by Gasteiger charge is 2.24. The summed E-state index contributed by atoms with van der Waals surface area (Å²) in [6.45, 7) is 3.74. The molecule has 0 heterocycles. The summed E-state index contributed by atoms with van der Waals surface area (Å²) in [6, 6.07) is 5.53. The Labute approximate surface area is 89.9 Å². The van der Waals surface area contributed by atoms with Gasteiger partial charge in [-0.05, 0) is 26.0 Å². The lowest BCUT2D eigenvalue weighted by molar-refractivity contribution is -0.0251. The highest BCUT2D eigenvalue weighted by atomic mass is 16.6. The van der Waals surface area contributed by atoms with E-state index in [1.54, 1.807) is 20.3 Å². The molecule has 84 valence electrons. The van der Waals surface area contributed by atoms with Gasteiger partial charge in [-0.25, -0.2) is 5.90 Å². The van der Waals surface area contributed by atoms with Gasteiger partial charge < -0.3 is 9.47 Å². The van der Waals surface area contributed by atoms with E-state index in [1.807, 2.05) is 26.0 Å². The van der Waals surface area contributed by atoms with E-state index < -0.39 is 5.60 Å². The van der Waals surface area contributed by atoms with E-state index in [2.05, 4.69) is 0 Å². The second kappa shape index (κ2) is 4.51. The lowest BCUT2D eigenvalue weighted by Crippen LogP contribution is -2.25. The summed E-state index contributed by atoms with van der Waals surface area (Å²) >= 11 is 0. The minimum Gasteiger partial charge on any atom is -0.497 e. The van der Waals surface area contributed by atoms with Crippen molar-refractivity contribution in [3.8, 4) is 11.5 Å². The lowest BCUT2D eigenvalue weighted by Gasteiger charge is -2.24. The van der Waals surface area contributed by atoms with Crippen molar-refractivity contribution >= 4 is 0 Å². The smallest absolute Gasteiger partial charge is 0.128 e. The Morgan fingerprint density at radius 2 is 1.80 bits per heavy atom. The predicted molar refractivity (Wildman–Crippen MR) is 57.8 cm³/mol. The Morgan fingerprint density at radius 3 is 2.27 bits per heavy atom. The third-order valence-electron chi connectivity index (χ3n) is 2.35. The molecule has 0 aliphatic heterocycles. The molecule has 0 fully saturated rings. The van der Waals surface area contributed by atoms with E-state index in [-0.39, 0.29) is 0 Å². The van der Waals surface area contributed by atoms with Crippen LogP contribution in [0, 0.1) is 0 Å². The highest BCUT2D eigenvalue weighted by Crippen LogP contribution is 2.34. The van der Waals surface area contributed by atoms with Gasteiger partial charge >= 0.3 is 0 Å². The minimum atomic E-state index is -0.586. The van der Waals surface area contributed by atoms with Gasteiger partial charge in [-0.15, -0.1) is 0 Å². The first-order valence-electron chi connectivity index (χ1n) is 4.65. The first kappa shape index (κ1) is 11.8. The maximum Gasteiger partial charge on any atom is 0.128 e. The van der Waals surface area contributed by atoms with Crippen molar-refractivity contribution in [3.63, 3.8) is 0 Å². The zero-order chi connectivity index (χ0) is 11.5. The molecule has 4 heteroatoms. The van der Waals surface area contributed by atoms with E-state index in [4.69, 9.17) is 20.2 Å². The van der Waals surface area contributed by atoms with Gasteiger partial charge in [0, 0.05) is 11.6 Å². The van der Waals surface area contributed by atoms with E-state index in [1.165, 1.54) is 0 Å². The first-order valence-corrected chi connectivity index (χ1v) is 4.65. The standard InChI is InChI=1S/C11H17NO3/c1-11(2,15-12)9-6-5-8(13-3)7-10(9)14-4/h5-7H,12H2,1-4H3. The van der Waals surface area contributed by atoms with E-state index in [0.717, 1.165) is 11.3 Å². The maximum absolute atomic E-state index is 5.26. The fourth-order valence-electron chi connectivity index (χ4n) is 1.36. The van der Waals surface area contributed by atoms with Gasteiger partial charge in [-0.1, -0.05) is 0 Å². The van der Waals surface area contributed by atoms with Crippen molar-refractivity contribution < 1.29 is 14.3 Å². The molecule has 0 atom stereocenters. The van der Waals surface area contributed by atoms with Crippen LogP contribution in [0.5, 0.6) is 11.5 Å². The molecule has 4 nitrogen and oxygen atoms in total. The third-order valence-corrected chi connectivity index (χ3v) is 2.35. The molecular weight excluding hydrogens is 194 g/mol. The summed E-state index contributed by atoms with van der Waals surface area (Å²) in [7, 11) is 3.21. The van der Waals surface area contributed by atoms with Crippen LogP contribution in [0.25, 0.3) is 0 Å². The van der Waals surface area contributed by atoms with Gasteiger partial charge in [0.2, 0.25) is 0 Å². The molecule has 0 saturated heterocycles. The number of hydrogen-bond acceptors (Lipinski definition) is 4. The molecule has 0 radical (unpaired) electrons. The molecule has 0 aromatic heterocycles. The molecule has 0 spiro atoms. The zero-order valence-electron chi connectivity index (χ0n) is 9.53. The molecule has 1 aromatic carbocycles. The van der Waals surface area contributed by atoms with Crippen molar-refractivity contribution in [3.05, 3.63) is 23.8 Å². The second-order valence-corrected chi connectivity index (χ2v) is 3.69. The SMILES string of the molecule is COc1ccc(C(C)(C)ON)c(OC)c1. The lowest BCUT2D eigenvalue weighted by atomic mass is 9.97. The predicted octanol–water partition coefficient (Wildman–Crippen LogP) is 1.83. The van der Waals surface area contributed by atoms with Crippen LogP contribution in [0.4, 0.5) is 0 Å². The normalized spacial score (nSPS) is 11.3. The Bertz CT molecular complexity index is 337. The quantitative estimate of drug-likeness (QED) is 0.772. The van der Waals surface area contributed by atoms with Crippen LogP contribution in [0.3, 0.4) is 0 Å². The Balaban J connectivity index is 3.18. The first-order chi connectivity index (χ1) is 7.05. The van der Waals surface area contributed by atoms with Crippen molar-refractivity contribution in [2.45, 2.75) is 19.4 Å². The van der Waals surface area contributed by atoms with Crippen LogP contribution >= 0.6 is 0 Å². The Kier molecular flexibility index (Phi) is 3.55. The summed E-state index contributed by atoms with van der Waals surface area (Å²) in [5.41, 5.74) is 0.297. The van der Waals surface area contributed by atoms with Gasteiger partial charge in [-0.3, -0.25) is 4.84 Å². The molecule has 0 aliphatic rings. The Morgan fingerprint density at radius 1 is 1.13 bits per heavy atom. The van der Waals surface area contributed by atoms with Crippen molar-refractivity contribution in [1.29, 1.82) is 0 Å². The maximum atomic E-state index is 5.26. The van der Waals surface area contributed by atoms with E-state index >= 15 is 0 Å². The molecule has 2 N–H and O–H groups in total. The molecule has 0 amide bonds. The van der Waals surface area contributed by atoms with Crippen molar-refractivity contribution in [1.82, 2.24) is 0 Å². The summed E-state index contributed by atoms with van der Waals surface area (Å²) < 4.78 is 10.4. The monoisotopic (exact) mass is 211 g/mol. The average molecular weight is 211 g/mol.